The van der Waals surface area contributed by atoms with Gasteiger partial charge in [-0.15, -0.1) is 11.3 Å². The summed E-state index contributed by atoms with van der Waals surface area (Å²) in [6, 6.07) is 18.8. The molecule has 3 heterocycles. The molecule has 202 valence electrons. The van der Waals surface area contributed by atoms with E-state index in [4.69, 9.17) is 4.52 Å². The minimum atomic E-state index is -0.190. The Morgan fingerprint density at radius 1 is 1.05 bits per heavy atom. The van der Waals surface area contributed by atoms with Gasteiger partial charge in [0.1, 0.15) is 0 Å². The van der Waals surface area contributed by atoms with Crippen LogP contribution >= 0.6 is 11.3 Å². The van der Waals surface area contributed by atoms with Crippen LogP contribution in [0.5, 0.6) is 0 Å². The van der Waals surface area contributed by atoms with Crippen molar-refractivity contribution in [2.24, 2.45) is 5.92 Å². The predicted octanol–water partition coefficient (Wildman–Crippen LogP) is 6.20. The maximum absolute atomic E-state index is 13.1. The number of carbonyl (C=O) groups is 2. The van der Waals surface area contributed by atoms with Crippen LogP contribution < -0.4 is 10.6 Å². The summed E-state index contributed by atoms with van der Waals surface area (Å²) in [6.07, 6.45) is 1.72. The smallest absolute Gasteiger partial charge is 0.255 e. The quantitative estimate of drug-likeness (QED) is 0.288. The normalized spacial score (nSPS) is 16.1. The van der Waals surface area contributed by atoms with Crippen LogP contribution in [0.4, 0.5) is 11.4 Å². The van der Waals surface area contributed by atoms with E-state index in [0.717, 1.165) is 24.3 Å². The second-order valence-electron chi connectivity index (χ2n) is 10.9. The van der Waals surface area contributed by atoms with Crippen molar-refractivity contribution in [3.05, 3.63) is 83.1 Å². The lowest BCUT2D eigenvalue weighted by atomic mass is 9.87. The zero-order valence-corrected chi connectivity index (χ0v) is 23.3. The largest absolute Gasteiger partial charge is 0.338 e. The molecule has 1 saturated heterocycles. The molecule has 1 atom stereocenters. The molecule has 2 aromatic carbocycles. The highest BCUT2D eigenvalue weighted by Crippen LogP contribution is 2.25. The lowest BCUT2D eigenvalue weighted by molar-refractivity contribution is -0.121. The molecule has 2 amide bonds. The Labute approximate surface area is 232 Å². The molecule has 2 aromatic heterocycles. The van der Waals surface area contributed by atoms with Gasteiger partial charge in [-0.1, -0.05) is 50.2 Å². The summed E-state index contributed by atoms with van der Waals surface area (Å²) in [7, 11) is 0. The summed E-state index contributed by atoms with van der Waals surface area (Å²) < 4.78 is 5.45. The number of likely N-dealkylation sites (tertiary alicyclic amines) is 1. The maximum Gasteiger partial charge on any atom is 0.255 e. The Bertz CT molecular complexity index is 1420. The van der Waals surface area contributed by atoms with Crippen LogP contribution in [0, 0.1) is 5.92 Å². The summed E-state index contributed by atoms with van der Waals surface area (Å²) in [5, 5.41) is 12.0. The average Bonchev–Trinajstić information content (AvgIpc) is 3.61. The third kappa shape index (κ3) is 6.79. The van der Waals surface area contributed by atoms with Crippen molar-refractivity contribution in [2.75, 3.05) is 23.7 Å². The Balaban J connectivity index is 1.16. The molecule has 1 aliphatic heterocycles. The predicted molar refractivity (Wildman–Crippen MR) is 154 cm³/mol. The number of piperidine rings is 1. The number of benzene rings is 2. The van der Waals surface area contributed by atoms with Crippen LogP contribution in [-0.4, -0.2) is 39.9 Å². The van der Waals surface area contributed by atoms with E-state index in [9.17, 15) is 9.59 Å². The Hall–Kier alpha value is -3.82. The number of carbonyl (C=O) groups excluding carboxylic acids is 2. The van der Waals surface area contributed by atoms with Crippen molar-refractivity contribution in [1.82, 2.24) is 15.0 Å². The molecule has 8 nitrogen and oxygen atoms in total. The molecule has 0 radical (unpaired) electrons. The van der Waals surface area contributed by atoms with Gasteiger partial charge in [-0.05, 0) is 72.1 Å². The zero-order chi connectivity index (χ0) is 27.4. The molecule has 1 fully saturated rings. The first-order valence-electron chi connectivity index (χ1n) is 13.2. The van der Waals surface area contributed by atoms with Crippen molar-refractivity contribution in [2.45, 2.75) is 45.6 Å². The summed E-state index contributed by atoms with van der Waals surface area (Å²) in [6.45, 7) is 8.43. The first kappa shape index (κ1) is 26.8. The molecule has 0 bridgehead atoms. The van der Waals surface area contributed by atoms with Gasteiger partial charge >= 0.3 is 0 Å². The Morgan fingerprint density at radius 2 is 1.82 bits per heavy atom. The molecular weight excluding hydrogens is 510 g/mol. The molecule has 0 aliphatic carbocycles. The van der Waals surface area contributed by atoms with Crippen LogP contribution in [0.3, 0.4) is 0 Å². The molecule has 0 spiro atoms. The lowest BCUT2D eigenvalue weighted by Crippen LogP contribution is -2.40. The third-order valence-electron chi connectivity index (χ3n) is 6.85. The van der Waals surface area contributed by atoms with E-state index in [0.29, 0.717) is 41.7 Å². The standard InChI is InChI=1S/C30H33N5O3S/c1-30(2,3)22-13-11-20(12-14-22)28(36)31-23-8-4-9-24(17-23)32-29(37)21-7-5-15-35(18-21)19-26-33-27(34-38-26)25-10-6-16-39-25/h4,6,8-14,16-17,21H,5,7,15,18-19H2,1-3H3,(H,31,36)(H,32,37). The molecule has 39 heavy (non-hydrogen) atoms. The SMILES string of the molecule is CC(C)(C)c1ccc(C(=O)Nc2cccc(NC(=O)C3CCCN(Cc4nc(-c5cccs5)no4)C3)c2)cc1. The van der Waals surface area contributed by atoms with Gasteiger partial charge in [0.15, 0.2) is 0 Å². The van der Waals surface area contributed by atoms with Crippen LogP contribution in [0.1, 0.15) is 55.4 Å². The van der Waals surface area contributed by atoms with E-state index >= 15 is 0 Å². The minimum Gasteiger partial charge on any atom is -0.338 e. The second kappa shape index (κ2) is 11.5. The number of rotatable bonds is 7. The van der Waals surface area contributed by atoms with Gasteiger partial charge in [-0.2, -0.15) is 4.98 Å². The first-order chi connectivity index (χ1) is 18.7. The summed E-state index contributed by atoms with van der Waals surface area (Å²) in [5.74, 6) is 0.769. The molecule has 4 aromatic rings. The van der Waals surface area contributed by atoms with Gasteiger partial charge in [0.05, 0.1) is 17.3 Å². The zero-order valence-electron chi connectivity index (χ0n) is 22.4. The fourth-order valence-corrected chi connectivity index (χ4v) is 5.32. The number of hydrogen-bond donors (Lipinski definition) is 2. The minimum absolute atomic E-state index is 0.0253. The maximum atomic E-state index is 13.1. The van der Waals surface area contributed by atoms with Crippen LogP contribution in [0.25, 0.3) is 10.7 Å². The lowest BCUT2D eigenvalue weighted by Gasteiger charge is -2.30. The Morgan fingerprint density at radius 3 is 2.54 bits per heavy atom. The summed E-state index contributed by atoms with van der Waals surface area (Å²) in [5.41, 5.74) is 3.06. The van der Waals surface area contributed by atoms with E-state index in [1.54, 1.807) is 17.4 Å². The number of nitrogens with zero attached hydrogens (tertiary/aromatic N) is 3. The molecule has 9 heteroatoms. The molecule has 2 N–H and O–H groups in total. The van der Waals surface area contributed by atoms with Gasteiger partial charge in [0, 0.05) is 23.5 Å². The summed E-state index contributed by atoms with van der Waals surface area (Å²) in [4.78, 5) is 33.6. The van der Waals surface area contributed by atoms with Crippen molar-refractivity contribution >= 4 is 34.5 Å². The number of anilines is 2. The van der Waals surface area contributed by atoms with Gasteiger partial charge in [0.25, 0.3) is 5.91 Å². The molecule has 1 unspecified atom stereocenters. The fourth-order valence-electron chi connectivity index (χ4n) is 4.67. The topological polar surface area (TPSA) is 100 Å². The van der Waals surface area contributed by atoms with E-state index in [1.165, 1.54) is 5.56 Å². The van der Waals surface area contributed by atoms with Crippen LogP contribution in [-0.2, 0) is 16.8 Å². The van der Waals surface area contributed by atoms with Crippen LogP contribution in [0.15, 0.2) is 70.6 Å². The van der Waals surface area contributed by atoms with Gasteiger partial charge < -0.3 is 15.2 Å². The van der Waals surface area contributed by atoms with Crippen LogP contribution in [0.2, 0.25) is 0 Å². The van der Waals surface area contributed by atoms with Crippen molar-refractivity contribution in [3.63, 3.8) is 0 Å². The second-order valence-corrected chi connectivity index (χ2v) is 11.9. The highest BCUT2D eigenvalue weighted by Gasteiger charge is 2.27. The monoisotopic (exact) mass is 543 g/mol. The number of nitrogens with one attached hydrogen (secondary N) is 2. The van der Waals surface area contributed by atoms with Crippen molar-refractivity contribution in [3.8, 4) is 10.7 Å². The van der Waals surface area contributed by atoms with E-state index in [2.05, 4.69) is 46.4 Å². The molecule has 1 aliphatic rings. The first-order valence-corrected chi connectivity index (χ1v) is 14.0. The third-order valence-corrected chi connectivity index (χ3v) is 7.71. The van der Waals surface area contributed by atoms with E-state index < -0.39 is 0 Å². The summed E-state index contributed by atoms with van der Waals surface area (Å²) >= 11 is 1.57. The molecular formula is C30H33N5O3S. The van der Waals surface area contributed by atoms with E-state index in [1.807, 2.05) is 60.0 Å². The van der Waals surface area contributed by atoms with Gasteiger partial charge in [-0.25, -0.2) is 0 Å². The van der Waals surface area contributed by atoms with E-state index in [-0.39, 0.29) is 23.1 Å². The Kier molecular flexibility index (Phi) is 7.90. The van der Waals surface area contributed by atoms with Crippen molar-refractivity contribution in [1.29, 1.82) is 0 Å². The molecule has 5 rings (SSSR count). The van der Waals surface area contributed by atoms with Gasteiger partial charge in [-0.3, -0.25) is 14.5 Å². The van der Waals surface area contributed by atoms with Crippen molar-refractivity contribution < 1.29 is 14.1 Å². The highest BCUT2D eigenvalue weighted by atomic mass is 32.1. The number of amides is 2. The number of aromatic nitrogens is 2. The number of thiophene rings is 1. The number of hydrogen-bond acceptors (Lipinski definition) is 7. The highest BCUT2D eigenvalue weighted by molar-refractivity contribution is 7.13. The average molecular weight is 544 g/mol. The van der Waals surface area contributed by atoms with Gasteiger partial charge in [0.2, 0.25) is 17.6 Å². The molecule has 0 saturated carbocycles. The fraction of sp³-hybridized carbons (Fsp3) is 0.333.